The predicted molar refractivity (Wildman–Crippen MR) is 481 cm³/mol. The van der Waals surface area contributed by atoms with Crippen LogP contribution in [0.1, 0.15) is 370 Å². The van der Waals surface area contributed by atoms with Crippen LogP contribution in [0, 0.1) is 146 Å². The van der Waals surface area contributed by atoms with Crippen LogP contribution in [0.3, 0.4) is 0 Å². The van der Waals surface area contributed by atoms with Gasteiger partial charge in [-0.3, -0.25) is 14.2 Å². The third kappa shape index (κ3) is 51.1. The van der Waals surface area contributed by atoms with E-state index in [2.05, 4.69) is 4.74 Å². The predicted octanol–water partition coefficient (Wildman–Crippen LogP) is 21.4. The van der Waals surface area contributed by atoms with Gasteiger partial charge in [0.2, 0.25) is 0 Å². The van der Waals surface area contributed by atoms with Crippen molar-refractivity contribution < 1.29 is 202 Å². The number of likely N-dealkylation sites (tertiary alicyclic amines) is 4. The maximum Gasteiger partial charge on any atom is 1.00 e. The van der Waals surface area contributed by atoms with Crippen LogP contribution in [-0.2, 0) is 61.2 Å². The molecular weight excluding hydrogens is 2310 g/mol. The smallest absolute Gasteiger partial charge is 0.466 e. The van der Waals surface area contributed by atoms with Crippen LogP contribution in [0.5, 0.6) is 0 Å². The van der Waals surface area contributed by atoms with Gasteiger partial charge in [-0.15, -0.1) is 23.2 Å². The first-order valence-electron chi connectivity index (χ1n) is 46.3. The molecule has 0 aromatic heterocycles. The van der Waals surface area contributed by atoms with E-state index in [1.54, 1.807) is 39.5 Å². The Labute approximate surface area is 846 Å². The number of piperidine rings is 4. The van der Waals surface area contributed by atoms with Crippen molar-refractivity contribution in [1.82, 2.24) is 19.6 Å². The van der Waals surface area contributed by atoms with Crippen LogP contribution >= 0.6 is 30.8 Å². The summed E-state index contributed by atoms with van der Waals surface area (Å²) in [5.41, 5.74) is -3.04. The van der Waals surface area contributed by atoms with Crippen LogP contribution in [0.25, 0.3) is 0 Å². The van der Waals surface area contributed by atoms with Crippen molar-refractivity contribution in [3.63, 3.8) is 0 Å². The topological polar surface area (TPSA) is 253 Å². The standard InChI is InChI=1S/C21H38FNO2.C21H37NO4.C21H39NO3.C17H29NO3.C8H17O5P.C4H8O.CH2Cl2.CH3.Li.3U/c1-19(2,3)25-18(24)23-15-13-21(14-16-23,12-11-20(4,5)22)17-9-7-6-8-10-17;1-5-25-18(23)11-12-21(17-9-7-6-8-10-17)13-15-22(16-14-21)19(24)26-20(2,3)4;1-19(2,3)25-18(23)22-15-13-21(14-16-22,12-11-20(4,5)24)17-9-7-6-8-10-17;1-16(2,3)21-15(20)18-11-9-17(13-19,10-12-18)14-7-5-4-6-8-14;1-4-11-8(9)7-14(10,12-5-2)13-6-3;1-2-4-5-3-1;2-1-3;;;;;/h17H,6-16H2,1-5H3;17H,5-16H2,1-4H3;17,24H,6-16H2,1-5H3;13-14H,4-12H2,1-3H3;4-7H2,1-3H3;1-4H2;1H2;1H3;;;;/q;;;;;;;-1;+1;;;. The Morgan fingerprint density at radius 3 is 0.935 bits per heavy atom. The second-order valence-electron chi connectivity index (χ2n) is 40.3. The number of hydrogen-bond donors (Lipinski definition) is 1. The molecule has 0 atom stereocenters. The van der Waals surface area contributed by atoms with E-state index in [1.165, 1.54) is 148 Å². The van der Waals surface area contributed by atoms with Gasteiger partial charge in [-0.2, -0.15) is 0 Å². The Balaban J connectivity index is -0.00000144. The molecule has 9 aliphatic rings. The normalized spacial score (nSPS) is 20.0. The summed E-state index contributed by atoms with van der Waals surface area (Å²) < 4.78 is 72.6. The Kier molecular flexibility index (Phi) is 65.5. The van der Waals surface area contributed by atoms with E-state index in [4.69, 9.17) is 60.7 Å². The third-order valence-electron chi connectivity index (χ3n) is 25.3. The van der Waals surface area contributed by atoms with Gasteiger partial charge < -0.3 is 79.1 Å². The van der Waals surface area contributed by atoms with Gasteiger partial charge in [0.1, 0.15) is 40.5 Å². The Morgan fingerprint density at radius 2 is 0.694 bits per heavy atom. The molecule has 0 unspecified atom stereocenters. The number of ether oxygens (including phenoxy) is 7. The summed E-state index contributed by atoms with van der Waals surface area (Å²) in [6.07, 6.45) is 40.8. The minimum absolute atomic E-state index is 0. The Morgan fingerprint density at radius 1 is 0.427 bits per heavy atom. The van der Waals surface area contributed by atoms with Gasteiger partial charge in [0.25, 0.3) is 0 Å². The summed E-state index contributed by atoms with van der Waals surface area (Å²) in [7, 11) is -3.28. The van der Waals surface area contributed by atoms with E-state index in [-0.39, 0.29) is 198 Å². The summed E-state index contributed by atoms with van der Waals surface area (Å²) in [5, 5.41) is 10.4. The summed E-state index contributed by atoms with van der Waals surface area (Å²) >= 11 is 9.53. The quantitative estimate of drug-likeness (QED) is 0.0201. The Bertz CT molecular complexity index is 2850. The number of carbonyl (C=O) groups excluding carboxylic acids is 7. The van der Waals surface area contributed by atoms with Crippen LogP contribution < -0.4 is 18.9 Å². The number of carbonyl (C=O) groups is 7. The largest absolute Gasteiger partial charge is 1.00 e. The van der Waals surface area contributed by atoms with E-state index in [0.29, 0.717) is 55.7 Å². The van der Waals surface area contributed by atoms with Crippen molar-refractivity contribution in [2.45, 2.75) is 403 Å². The molecule has 30 heteroatoms. The molecule has 124 heavy (non-hydrogen) atoms. The van der Waals surface area contributed by atoms with Gasteiger partial charge in [0.05, 0.1) is 37.4 Å². The number of rotatable bonds is 22. The van der Waals surface area contributed by atoms with Gasteiger partial charge in [-0.05, 0) is 326 Å². The fraction of sp³-hybridized carbons (Fsp3) is 0.915. The van der Waals surface area contributed by atoms with Gasteiger partial charge in [0, 0.05) is 171 Å². The molecule has 22 nitrogen and oxygen atoms in total. The van der Waals surface area contributed by atoms with Crippen LogP contribution in [-0.4, -0.2) is 204 Å². The number of hydrogen-bond acceptors (Lipinski definition) is 18. The van der Waals surface area contributed by atoms with E-state index in [0.717, 1.165) is 135 Å². The number of nitrogens with zero attached hydrogens (tertiary/aromatic N) is 4. The van der Waals surface area contributed by atoms with E-state index in [9.17, 15) is 47.6 Å². The van der Waals surface area contributed by atoms with Crippen LogP contribution in [0.2, 0.25) is 0 Å². The molecule has 9 fully saturated rings. The second-order valence-corrected chi connectivity index (χ2v) is 43.2. The first-order chi connectivity index (χ1) is 55.6. The number of aliphatic hydroxyl groups is 1. The molecule has 5 saturated heterocycles. The minimum atomic E-state index is -3.28. The average molecular weight is 2490 g/mol. The molecular formula is C94H173Cl2FLiN4O18PU3. The molecule has 5 aliphatic heterocycles. The summed E-state index contributed by atoms with van der Waals surface area (Å²) in [6.45, 7) is 46.0. The van der Waals surface area contributed by atoms with Crippen molar-refractivity contribution in [3.8, 4) is 0 Å². The number of alkyl halides is 3. The van der Waals surface area contributed by atoms with Crippen molar-refractivity contribution >= 4 is 73.4 Å². The second kappa shape index (κ2) is 63.4. The maximum atomic E-state index is 14.2. The molecule has 4 saturated carbocycles. The molecule has 5 heterocycles. The molecule has 0 aromatic carbocycles. The van der Waals surface area contributed by atoms with E-state index < -0.39 is 47.2 Å². The Hall–Kier alpha value is 0.0232. The summed E-state index contributed by atoms with van der Waals surface area (Å²) in [5.74, 6) is 2.00. The average Bonchev–Trinajstić information content (AvgIpc) is 0.855. The zero-order valence-electron chi connectivity index (χ0n) is 81.9. The molecule has 9 rings (SSSR count). The van der Waals surface area contributed by atoms with Crippen LogP contribution in [0.4, 0.5) is 23.6 Å². The fourth-order valence-corrected chi connectivity index (χ4v) is 20.4. The molecule has 0 aromatic rings. The first kappa shape index (κ1) is 128. The molecule has 0 spiro atoms. The third-order valence-corrected chi connectivity index (χ3v) is 27.3. The first-order valence-corrected chi connectivity index (χ1v) is 49.1. The van der Waals surface area contributed by atoms with Crippen molar-refractivity contribution in [1.29, 1.82) is 0 Å². The molecule has 1 N–H and O–H groups in total. The maximum absolute atomic E-state index is 14.2. The van der Waals surface area contributed by atoms with Crippen LogP contribution in [0.15, 0.2) is 0 Å². The van der Waals surface area contributed by atoms with Gasteiger partial charge in [-0.1, -0.05) is 77.0 Å². The molecule has 0 radical (unpaired) electrons. The van der Waals surface area contributed by atoms with Gasteiger partial charge in [-0.25, -0.2) is 23.6 Å². The monoisotopic (exact) mass is 2490 g/mol. The number of aldehydes is 1. The number of halogens is 3. The molecule has 716 valence electrons. The summed E-state index contributed by atoms with van der Waals surface area (Å²) in [6, 6.07) is 0. The fourth-order valence-electron chi connectivity index (χ4n) is 18.9. The number of amides is 4. The molecule has 4 aliphatic carbocycles. The zero-order valence-corrected chi connectivity index (χ0v) is 96.8. The van der Waals surface area contributed by atoms with E-state index in [1.807, 2.05) is 119 Å². The van der Waals surface area contributed by atoms with E-state index >= 15 is 0 Å². The van der Waals surface area contributed by atoms with Crippen molar-refractivity contribution in [3.05, 3.63) is 7.43 Å². The van der Waals surface area contributed by atoms with Gasteiger partial charge >= 0.3 is 62.8 Å². The summed E-state index contributed by atoms with van der Waals surface area (Å²) in [4.78, 5) is 91.3. The molecule has 0 bridgehead atoms. The molecule has 4 amide bonds. The van der Waals surface area contributed by atoms with Crippen molar-refractivity contribution in [2.24, 2.45) is 45.3 Å². The SMILES string of the molecule is C1CCOC1.CC(C)(C)OC(=O)N1CCC(C=O)(C2CCCCC2)CC1.CC(C)(F)CCC1(C2CCCCC2)CCN(C(=O)OC(C)(C)C)CC1.CC(C)(O)CCC1(C2CCCCC2)CCN(C(=O)OC(C)(C)C)CC1.CCOC(=O)CCC1(C2CCCCC2)CCN(C(=O)OC(C)(C)C)CC1.CCOC(=O)CP(=O)(OCC)OCC.ClCCl.[CH3-].[Li+].[U].[U].[U]. The zero-order chi connectivity index (χ0) is 89.4. The van der Waals surface area contributed by atoms with Gasteiger partial charge in [0.15, 0.2) is 0 Å². The minimum Gasteiger partial charge on any atom is -0.466 e. The van der Waals surface area contributed by atoms with Crippen molar-refractivity contribution in [2.75, 3.05) is 104 Å². The number of esters is 2.